The molecule has 0 bridgehead atoms. The zero-order valence-corrected chi connectivity index (χ0v) is 13.2. The normalized spacial score (nSPS) is 16.8. The summed E-state index contributed by atoms with van der Waals surface area (Å²) in [4.78, 5) is 14.4. The predicted molar refractivity (Wildman–Crippen MR) is 83.6 cm³/mol. The largest absolute Gasteiger partial charge is 0.492 e. The molecule has 22 heavy (non-hydrogen) atoms. The van der Waals surface area contributed by atoms with Crippen LogP contribution in [0.2, 0.25) is 0 Å². The third-order valence-corrected chi connectivity index (χ3v) is 4.13. The maximum atomic E-state index is 12.6. The molecule has 5 heteroatoms. The van der Waals surface area contributed by atoms with Gasteiger partial charge in [-0.2, -0.15) is 5.10 Å². The number of hydrogen-bond acceptors (Lipinski definition) is 3. The summed E-state index contributed by atoms with van der Waals surface area (Å²) in [7, 11) is 3.74. The van der Waals surface area contributed by atoms with Crippen molar-refractivity contribution in [3.63, 3.8) is 0 Å². The summed E-state index contributed by atoms with van der Waals surface area (Å²) in [6.45, 7) is 3.00. The second-order valence-electron chi connectivity index (χ2n) is 5.93. The number of carbonyl (C=O) groups is 1. The SMILES string of the molecule is Cc1nn(C)cc1CN(C)C(=O)[C@@H]1COc2ccccc2C1. The fraction of sp³-hybridized carbons (Fsp3) is 0.412. The molecule has 2 aromatic rings. The number of benzene rings is 1. The molecule has 0 saturated heterocycles. The van der Waals surface area contributed by atoms with Crippen LogP contribution < -0.4 is 4.74 Å². The maximum absolute atomic E-state index is 12.6. The molecule has 0 N–H and O–H groups in total. The highest BCUT2D eigenvalue weighted by Crippen LogP contribution is 2.27. The number of ether oxygens (including phenoxy) is 1. The highest BCUT2D eigenvalue weighted by molar-refractivity contribution is 5.79. The summed E-state index contributed by atoms with van der Waals surface area (Å²) in [5.74, 6) is 0.909. The minimum atomic E-state index is -0.114. The molecule has 0 fully saturated rings. The van der Waals surface area contributed by atoms with E-state index in [1.165, 1.54) is 0 Å². The Morgan fingerprint density at radius 3 is 2.95 bits per heavy atom. The van der Waals surface area contributed by atoms with E-state index in [-0.39, 0.29) is 11.8 Å². The summed E-state index contributed by atoms with van der Waals surface area (Å²) < 4.78 is 7.50. The van der Waals surface area contributed by atoms with Crippen molar-refractivity contribution in [1.82, 2.24) is 14.7 Å². The van der Waals surface area contributed by atoms with Crippen LogP contribution in [-0.2, 0) is 24.8 Å². The topological polar surface area (TPSA) is 47.4 Å². The van der Waals surface area contributed by atoms with Gasteiger partial charge in [0.1, 0.15) is 12.4 Å². The number of hydrogen-bond donors (Lipinski definition) is 0. The Balaban J connectivity index is 1.68. The molecule has 5 nitrogen and oxygen atoms in total. The smallest absolute Gasteiger partial charge is 0.229 e. The van der Waals surface area contributed by atoms with E-state index in [4.69, 9.17) is 4.74 Å². The Kier molecular flexibility index (Phi) is 3.88. The second kappa shape index (κ2) is 5.83. The Morgan fingerprint density at radius 1 is 1.45 bits per heavy atom. The minimum absolute atomic E-state index is 0.114. The van der Waals surface area contributed by atoms with Gasteiger partial charge in [-0.25, -0.2) is 0 Å². The predicted octanol–water partition coefficient (Wildman–Crippen LogP) is 1.94. The number of aryl methyl sites for hydroxylation is 2. The highest BCUT2D eigenvalue weighted by Gasteiger charge is 2.28. The van der Waals surface area contributed by atoms with Gasteiger partial charge in [-0.1, -0.05) is 18.2 Å². The van der Waals surface area contributed by atoms with Gasteiger partial charge in [0.2, 0.25) is 5.91 Å². The van der Waals surface area contributed by atoms with E-state index in [0.717, 1.165) is 29.0 Å². The lowest BCUT2D eigenvalue weighted by atomic mass is 9.95. The second-order valence-corrected chi connectivity index (χ2v) is 5.93. The van der Waals surface area contributed by atoms with Gasteiger partial charge < -0.3 is 9.64 Å². The molecule has 1 atom stereocenters. The van der Waals surface area contributed by atoms with E-state index in [1.807, 2.05) is 51.5 Å². The van der Waals surface area contributed by atoms with Crippen LogP contribution in [0, 0.1) is 12.8 Å². The molecule has 0 spiro atoms. The number of nitrogens with zero attached hydrogens (tertiary/aromatic N) is 3. The van der Waals surface area contributed by atoms with Crippen molar-refractivity contribution in [2.24, 2.45) is 13.0 Å². The molecule has 3 rings (SSSR count). The number of fused-ring (bicyclic) bond motifs is 1. The lowest BCUT2D eigenvalue weighted by molar-refractivity contribution is -0.136. The highest BCUT2D eigenvalue weighted by atomic mass is 16.5. The zero-order chi connectivity index (χ0) is 15.7. The van der Waals surface area contributed by atoms with E-state index in [9.17, 15) is 4.79 Å². The summed E-state index contributed by atoms with van der Waals surface area (Å²) in [6, 6.07) is 7.93. The van der Waals surface area contributed by atoms with Crippen LogP contribution in [0.15, 0.2) is 30.5 Å². The van der Waals surface area contributed by atoms with Crippen LogP contribution in [0.5, 0.6) is 5.75 Å². The molecular formula is C17H21N3O2. The van der Waals surface area contributed by atoms with E-state index in [2.05, 4.69) is 5.10 Å². The Labute approximate surface area is 130 Å². The van der Waals surface area contributed by atoms with Crippen molar-refractivity contribution in [3.05, 3.63) is 47.3 Å². The van der Waals surface area contributed by atoms with Crippen molar-refractivity contribution in [2.45, 2.75) is 19.9 Å². The van der Waals surface area contributed by atoms with E-state index in [0.29, 0.717) is 13.2 Å². The van der Waals surface area contributed by atoms with Crippen LogP contribution >= 0.6 is 0 Å². The van der Waals surface area contributed by atoms with E-state index >= 15 is 0 Å². The van der Waals surface area contributed by atoms with Gasteiger partial charge in [-0.05, 0) is 25.0 Å². The number of amides is 1. The quantitative estimate of drug-likeness (QED) is 0.870. The van der Waals surface area contributed by atoms with Crippen molar-refractivity contribution < 1.29 is 9.53 Å². The standard InChI is InChI=1S/C17H21N3O2/c1-12-15(10-20(3)18-12)9-19(2)17(21)14-8-13-6-4-5-7-16(13)22-11-14/h4-7,10,14H,8-9,11H2,1-3H3/t14-/m0/s1. The molecule has 0 unspecified atom stereocenters. The van der Waals surface area contributed by atoms with Crippen molar-refractivity contribution in [2.75, 3.05) is 13.7 Å². The molecule has 116 valence electrons. The number of rotatable bonds is 3. The Bertz CT molecular complexity index is 693. The van der Waals surface area contributed by atoms with Gasteiger partial charge in [0.15, 0.2) is 0 Å². The van der Waals surface area contributed by atoms with Gasteiger partial charge in [-0.3, -0.25) is 9.48 Å². The van der Waals surface area contributed by atoms with Crippen molar-refractivity contribution in [1.29, 1.82) is 0 Å². The van der Waals surface area contributed by atoms with Crippen LogP contribution in [0.1, 0.15) is 16.8 Å². The molecule has 0 saturated carbocycles. The average molecular weight is 299 g/mol. The third kappa shape index (κ3) is 2.84. The molecule has 2 heterocycles. The monoisotopic (exact) mass is 299 g/mol. The summed E-state index contributed by atoms with van der Waals surface area (Å²) in [5, 5.41) is 4.32. The first-order chi connectivity index (χ1) is 10.5. The van der Waals surface area contributed by atoms with Gasteiger partial charge in [0.05, 0.1) is 11.6 Å². The molecule has 1 aliphatic heterocycles. The fourth-order valence-corrected chi connectivity index (χ4v) is 2.94. The first-order valence-electron chi connectivity index (χ1n) is 7.49. The first-order valence-corrected chi connectivity index (χ1v) is 7.49. The van der Waals surface area contributed by atoms with Crippen LogP contribution in [0.4, 0.5) is 0 Å². The molecule has 0 aliphatic carbocycles. The molecule has 1 amide bonds. The molecule has 1 aromatic carbocycles. The fourth-order valence-electron chi connectivity index (χ4n) is 2.94. The number of aromatic nitrogens is 2. The minimum Gasteiger partial charge on any atom is -0.492 e. The van der Waals surface area contributed by atoms with Gasteiger partial charge in [-0.15, -0.1) is 0 Å². The Morgan fingerprint density at radius 2 is 2.23 bits per heavy atom. The Hall–Kier alpha value is -2.30. The molecule has 1 aromatic heterocycles. The lowest BCUT2D eigenvalue weighted by Gasteiger charge is -2.28. The summed E-state index contributed by atoms with van der Waals surface area (Å²) >= 11 is 0. The van der Waals surface area contributed by atoms with Crippen LogP contribution in [0.25, 0.3) is 0 Å². The number of carbonyl (C=O) groups excluding carboxylic acids is 1. The van der Waals surface area contributed by atoms with Crippen LogP contribution in [0.3, 0.4) is 0 Å². The van der Waals surface area contributed by atoms with Crippen molar-refractivity contribution >= 4 is 5.91 Å². The molecule has 0 radical (unpaired) electrons. The van der Waals surface area contributed by atoms with Gasteiger partial charge in [0, 0.05) is 32.4 Å². The molecule has 1 aliphatic rings. The van der Waals surface area contributed by atoms with Gasteiger partial charge in [0.25, 0.3) is 0 Å². The third-order valence-electron chi connectivity index (χ3n) is 4.13. The first kappa shape index (κ1) is 14.6. The molecular weight excluding hydrogens is 278 g/mol. The number of para-hydroxylation sites is 1. The zero-order valence-electron chi connectivity index (χ0n) is 13.2. The van der Waals surface area contributed by atoms with Crippen molar-refractivity contribution in [3.8, 4) is 5.75 Å². The lowest BCUT2D eigenvalue weighted by Crippen LogP contribution is -2.38. The van der Waals surface area contributed by atoms with E-state index < -0.39 is 0 Å². The summed E-state index contributed by atoms with van der Waals surface area (Å²) in [6.07, 6.45) is 2.71. The maximum Gasteiger partial charge on any atom is 0.229 e. The summed E-state index contributed by atoms with van der Waals surface area (Å²) in [5.41, 5.74) is 3.15. The van der Waals surface area contributed by atoms with E-state index in [1.54, 1.807) is 9.58 Å². The van der Waals surface area contributed by atoms with Crippen LogP contribution in [-0.4, -0.2) is 34.2 Å². The van der Waals surface area contributed by atoms with Gasteiger partial charge >= 0.3 is 0 Å². The average Bonchev–Trinajstić information content (AvgIpc) is 2.83.